The number of ether oxygens (including phenoxy) is 1. The van der Waals surface area contributed by atoms with Crippen LogP contribution in [-0.2, 0) is 4.74 Å². The molecule has 5 heteroatoms. The van der Waals surface area contributed by atoms with Crippen LogP contribution in [0.2, 0.25) is 0 Å². The van der Waals surface area contributed by atoms with Crippen LogP contribution in [0.5, 0.6) is 0 Å². The number of amides is 1. The molecular weight excluding hydrogens is 304 g/mol. The predicted octanol–water partition coefficient (Wildman–Crippen LogP) is 3.41. The van der Waals surface area contributed by atoms with E-state index in [0.717, 1.165) is 5.56 Å². The quantitative estimate of drug-likeness (QED) is 0.640. The highest BCUT2D eigenvalue weighted by Crippen LogP contribution is 2.20. The highest BCUT2D eigenvalue weighted by molar-refractivity contribution is 6.07. The van der Waals surface area contributed by atoms with E-state index in [1.54, 1.807) is 48.5 Å². The van der Waals surface area contributed by atoms with Crippen molar-refractivity contribution in [2.24, 2.45) is 0 Å². The molecule has 0 spiro atoms. The summed E-state index contributed by atoms with van der Waals surface area (Å²) >= 11 is 0. The van der Waals surface area contributed by atoms with E-state index in [4.69, 9.17) is 10.00 Å². The molecule has 0 atom stereocenters. The largest absolute Gasteiger partial charge is 0.447 e. The minimum Gasteiger partial charge on any atom is -0.447 e. The number of rotatable bonds is 4. The molecule has 0 aromatic heterocycles. The summed E-state index contributed by atoms with van der Waals surface area (Å²) < 4.78 is 4.91. The van der Waals surface area contributed by atoms with Gasteiger partial charge in [0.05, 0.1) is 18.2 Å². The van der Waals surface area contributed by atoms with E-state index in [0.29, 0.717) is 30.0 Å². The monoisotopic (exact) mass is 318 g/mol. The molecule has 2 aromatic rings. The van der Waals surface area contributed by atoms with Gasteiger partial charge < -0.3 is 4.74 Å². The summed E-state index contributed by atoms with van der Waals surface area (Å²) in [4.78, 5) is 25.4. The zero-order valence-corrected chi connectivity index (χ0v) is 12.8. The first-order valence-electron chi connectivity index (χ1n) is 7.44. The van der Waals surface area contributed by atoms with Gasteiger partial charge in [0.25, 0.3) is 0 Å². The molecule has 2 aromatic carbocycles. The van der Waals surface area contributed by atoms with Crippen molar-refractivity contribution in [2.75, 3.05) is 18.1 Å². The average Bonchev–Trinajstić information content (AvgIpc) is 3.06. The molecule has 1 aliphatic rings. The molecule has 0 N–H and O–H groups in total. The number of nitrogens with zero attached hydrogens (tertiary/aromatic N) is 2. The van der Waals surface area contributed by atoms with Crippen molar-refractivity contribution in [1.29, 1.82) is 5.26 Å². The molecule has 5 nitrogen and oxygen atoms in total. The van der Waals surface area contributed by atoms with Crippen LogP contribution in [-0.4, -0.2) is 25.0 Å². The van der Waals surface area contributed by atoms with Gasteiger partial charge in [0.1, 0.15) is 6.61 Å². The molecule has 0 bridgehead atoms. The van der Waals surface area contributed by atoms with E-state index in [9.17, 15) is 9.59 Å². The van der Waals surface area contributed by atoms with Crippen molar-refractivity contribution in [3.63, 3.8) is 0 Å². The van der Waals surface area contributed by atoms with Gasteiger partial charge in [-0.25, -0.2) is 4.79 Å². The van der Waals surface area contributed by atoms with Crippen molar-refractivity contribution in [1.82, 2.24) is 0 Å². The standard InChI is InChI=1S/C19H14N2O3/c20-13-15-4-1-3-14(11-15)7-8-18(22)16-5-2-6-17(12-16)21-9-10-24-19(21)23/h1-8,11-12H,9-10H2/b8-7+. The van der Waals surface area contributed by atoms with Gasteiger partial charge in [0, 0.05) is 11.3 Å². The zero-order valence-electron chi connectivity index (χ0n) is 12.8. The van der Waals surface area contributed by atoms with Gasteiger partial charge in [-0.2, -0.15) is 5.26 Å². The number of cyclic esters (lactones) is 1. The Kier molecular flexibility index (Phi) is 4.39. The van der Waals surface area contributed by atoms with Crippen LogP contribution in [0, 0.1) is 11.3 Å². The zero-order chi connectivity index (χ0) is 16.9. The molecule has 1 aliphatic heterocycles. The van der Waals surface area contributed by atoms with Crippen molar-refractivity contribution in [3.8, 4) is 6.07 Å². The van der Waals surface area contributed by atoms with Crippen LogP contribution in [0.3, 0.4) is 0 Å². The maximum absolute atomic E-state index is 12.3. The number of benzene rings is 2. The van der Waals surface area contributed by atoms with Crippen LogP contribution < -0.4 is 4.90 Å². The molecule has 1 fully saturated rings. The van der Waals surface area contributed by atoms with Crippen molar-refractivity contribution in [3.05, 3.63) is 71.3 Å². The highest BCUT2D eigenvalue weighted by Gasteiger charge is 2.23. The molecule has 1 amide bonds. The normalized spacial score (nSPS) is 13.8. The second-order valence-corrected chi connectivity index (χ2v) is 5.25. The number of carbonyl (C=O) groups is 2. The molecule has 0 saturated carbocycles. The van der Waals surface area contributed by atoms with Gasteiger partial charge in [-0.05, 0) is 35.9 Å². The van der Waals surface area contributed by atoms with E-state index in [1.165, 1.54) is 11.0 Å². The van der Waals surface area contributed by atoms with Gasteiger partial charge >= 0.3 is 6.09 Å². The Morgan fingerprint density at radius 1 is 1.21 bits per heavy atom. The molecule has 3 rings (SSSR count). The SMILES string of the molecule is N#Cc1cccc(/C=C/C(=O)c2cccc(N3CCOC3=O)c2)c1. The lowest BCUT2D eigenvalue weighted by Gasteiger charge is -2.13. The first kappa shape index (κ1) is 15.5. The van der Waals surface area contributed by atoms with Gasteiger partial charge in [0.2, 0.25) is 0 Å². The smallest absolute Gasteiger partial charge is 0.414 e. The van der Waals surface area contributed by atoms with Gasteiger partial charge in [-0.15, -0.1) is 0 Å². The summed E-state index contributed by atoms with van der Waals surface area (Å²) in [6.07, 6.45) is 2.72. The Morgan fingerprint density at radius 2 is 2.04 bits per heavy atom. The lowest BCUT2D eigenvalue weighted by Crippen LogP contribution is -2.23. The number of anilines is 1. The van der Waals surface area contributed by atoms with Gasteiger partial charge in [-0.3, -0.25) is 9.69 Å². The van der Waals surface area contributed by atoms with Crippen molar-refractivity contribution in [2.45, 2.75) is 0 Å². The number of carbonyl (C=O) groups excluding carboxylic acids is 2. The number of nitriles is 1. The Labute approximate surface area is 139 Å². The fourth-order valence-corrected chi connectivity index (χ4v) is 2.44. The predicted molar refractivity (Wildman–Crippen MR) is 89.7 cm³/mol. The van der Waals surface area contributed by atoms with Crippen LogP contribution >= 0.6 is 0 Å². The number of hydrogen-bond donors (Lipinski definition) is 0. The Hall–Kier alpha value is -3.39. The number of allylic oxidation sites excluding steroid dienone is 1. The first-order valence-corrected chi connectivity index (χ1v) is 7.44. The second-order valence-electron chi connectivity index (χ2n) is 5.25. The molecule has 24 heavy (non-hydrogen) atoms. The Balaban J connectivity index is 1.79. The highest BCUT2D eigenvalue weighted by atomic mass is 16.6. The molecule has 0 aliphatic carbocycles. The topological polar surface area (TPSA) is 70.4 Å². The summed E-state index contributed by atoms with van der Waals surface area (Å²) in [6, 6.07) is 15.9. The number of ketones is 1. The van der Waals surface area contributed by atoms with Crippen molar-refractivity contribution >= 4 is 23.6 Å². The minimum absolute atomic E-state index is 0.174. The summed E-state index contributed by atoms with van der Waals surface area (Å²) in [5.41, 5.74) is 2.45. The Bertz CT molecular complexity index is 865. The van der Waals surface area contributed by atoms with E-state index in [-0.39, 0.29) is 5.78 Å². The maximum atomic E-state index is 12.3. The summed E-state index contributed by atoms with van der Waals surface area (Å²) in [5.74, 6) is -0.174. The Morgan fingerprint density at radius 3 is 2.79 bits per heavy atom. The lowest BCUT2D eigenvalue weighted by atomic mass is 10.1. The van der Waals surface area contributed by atoms with Crippen LogP contribution in [0.4, 0.5) is 10.5 Å². The van der Waals surface area contributed by atoms with Crippen LogP contribution in [0.15, 0.2) is 54.6 Å². The van der Waals surface area contributed by atoms with E-state index >= 15 is 0 Å². The van der Waals surface area contributed by atoms with E-state index in [1.807, 2.05) is 6.07 Å². The molecule has 118 valence electrons. The molecule has 1 heterocycles. The third-order valence-corrected chi connectivity index (χ3v) is 3.65. The summed E-state index contributed by atoms with van der Waals surface area (Å²) in [7, 11) is 0. The molecule has 1 saturated heterocycles. The van der Waals surface area contributed by atoms with Crippen LogP contribution in [0.1, 0.15) is 21.5 Å². The van der Waals surface area contributed by atoms with Gasteiger partial charge in [0.15, 0.2) is 5.78 Å². The third kappa shape index (κ3) is 3.33. The fraction of sp³-hybridized carbons (Fsp3) is 0.105. The summed E-state index contributed by atoms with van der Waals surface area (Å²) in [6.45, 7) is 0.833. The molecule has 0 radical (unpaired) electrons. The third-order valence-electron chi connectivity index (χ3n) is 3.65. The van der Waals surface area contributed by atoms with E-state index < -0.39 is 6.09 Å². The molecule has 0 unspecified atom stereocenters. The van der Waals surface area contributed by atoms with Crippen LogP contribution in [0.25, 0.3) is 6.08 Å². The first-order chi connectivity index (χ1) is 11.7. The lowest BCUT2D eigenvalue weighted by molar-refractivity contribution is 0.104. The number of hydrogen-bond acceptors (Lipinski definition) is 4. The van der Waals surface area contributed by atoms with E-state index in [2.05, 4.69) is 6.07 Å². The van der Waals surface area contributed by atoms with Gasteiger partial charge in [-0.1, -0.05) is 30.3 Å². The maximum Gasteiger partial charge on any atom is 0.414 e. The minimum atomic E-state index is -0.400. The fourth-order valence-electron chi connectivity index (χ4n) is 2.44. The summed E-state index contributed by atoms with van der Waals surface area (Å²) in [5, 5.41) is 8.89. The average molecular weight is 318 g/mol. The van der Waals surface area contributed by atoms with Crippen molar-refractivity contribution < 1.29 is 14.3 Å². The second kappa shape index (κ2) is 6.80. The molecular formula is C19H14N2O3.